The highest BCUT2D eigenvalue weighted by Crippen LogP contribution is 2.49. The molecule has 11 heteroatoms. The summed E-state index contributed by atoms with van der Waals surface area (Å²) in [7, 11) is 0. The Hall–Kier alpha value is -3.99. The van der Waals surface area contributed by atoms with E-state index >= 15 is 0 Å². The molecule has 1 aromatic carbocycles. The van der Waals surface area contributed by atoms with Crippen LogP contribution >= 0.6 is 0 Å². The number of fused-ring (bicyclic) bond motifs is 2. The summed E-state index contributed by atoms with van der Waals surface area (Å²) < 4.78 is 7.78. The molecule has 0 spiro atoms. The Balaban J connectivity index is 0.986. The predicted molar refractivity (Wildman–Crippen MR) is 143 cm³/mol. The Bertz CT molecular complexity index is 1430. The molecule has 0 radical (unpaired) electrons. The number of imide groups is 1. The second kappa shape index (κ2) is 9.29. The van der Waals surface area contributed by atoms with Crippen LogP contribution in [-0.4, -0.2) is 74.5 Å². The summed E-state index contributed by atoms with van der Waals surface area (Å²) >= 11 is 0. The van der Waals surface area contributed by atoms with E-state index in [1.165, 1.54) is 0 Å². The third-order valence-corrected chi connectivity index (χ3v) is 9.07. The summed E-state index contributed by atoms with van der Waals surface area (Å²) in [5.41, 5.74) is 2.12. The number of ether oxygens (including phenoxy) is 1. The number of carbonyl (C=O) groups is 4. The van der Waals surface area contributed by atoms with Gasteiger partial charge in [0.2, 0.25) is 5.91 Å². The van der Waals surface area contributed by atoms with Crippen LogP contribution < -0.4 is 10.6 Å². The zero-order chi connectivity index (χ0) is 27.6. The average Bonchev–Trinajstić information content (AvgIpc) is 3.72. The molecule has 1 unspecified atom stereocenters. The maximum absolute atomic E-state index is 13.4. The molecular weight excluding hydrogens is 512 g/mol. The van der Waals surface area contributed by atoms with Crippen LogP contribution in [0.15, 0.2) is 42.9 Å². The molecule has 6 heterocycles. The fourth-order valence-corrected chi connectivity index (χ4v) is 6.85. The van der Waals surface area contributed by atoms with Crippen molar-refractivity contribution in [3.05, 3.63) is 59.6 Å². The molecule has 2 bridgehead atoms. The Labute approximate surface area is 231 Å². The van der Waals surface area contributed by atoms with Gasteiger partial charge in [-0.05, 0) is 56.6 Å². The molecule has 4 saturated heterocycles. The van der Waals surface area contributed by atoms with Crippen molar-refractivity contribution in [3.63, 3.8) is 0 Å². The zero-order valence-corrected chi connectivity index (χ0v) is 22.2. The Kier molecular flexibility index (Phi) is 5.81. The lowest BCUT2D eigenvalue weighted by Crippen LogP contribution is -2.54. The molecule has 1 aliphatic carbocycles. The molecule has 6 aliphatic rings. The van der Waals surface area contributed by atoms with Crippen molar-refractivity contribution in [2.75, 3.05) is 25.0 Å². The Morgan fingerprint density at radius 2 is 1.95 bits per heavy atom. The highest BCUT2D eigenvalue weighted by atomic mass is 16.5. The van der Waals surface area contributed by atoms with E-state index in [0.717, 1.165) is 42.8 Å². The maximum atomic E-state index is 13.4. The molecule has 1 atom stereocenters. The van der Waals surface area contributed by atoms with Crippen molar-refractivity contribution in [2.24, 2.45) is 5.92 Å². The van der Waals surface area contributed by atoms with Gasteiger partial charge in [-0.25, -0.2) is 0 Å². The highest BCUT2D eigenvalue weighted by Gasteiger charge is 2.58. The minimum Gasteiger partial charge on any atom is -0.380 e. The molecule has 2 aromatic rings. The summed E-state index contributed by atoms with van der Waals surface area (Å²) in [6.45, 7) is 6.30. The van der Waals surface area contributed by atoms with E-state index in [1.54, 1.807) is 24.4 Å². The van der Waals surface area contributed by atoms with Crippen molar-refractivity contribution in [1.29, 1.82) is 0 Å². The second-order valence-electron chi connectivity index (χ2n) is 11.6. The van der Waals surface area contributed by atoms with Crippen LogP contribution in [-0.2, 0) is 20.9 Å². The fraction of sp³-hybridized carbons (Fsp3) is 0.483. The van der Waals surface area contributed by atoms with E-state index in [4.69, 9.17) is 4.74 Å². The Morgan fingerprint density at radius 3 is 2.67 bits per heavy atom. The van der Waals surface area contributed by atoms with Gasteiger partial charge < -0.3 is 20.3 Å². The van der Waals surface area contributed by atoms with E-state index in [-0.39, 0.29) is 23.4 Å². The maximum Gasteiger partial charge on any atom is 0.264 e. The van der Waals surface area contributed by atoms with E-state index in [9.17, 15) is 19.2 Å². The molecule has 208 valence electrons. The van der Waals surface area contributed by atoms with Crippen molar-refractivity contribution < 1.29 is 23.9 Å². The number of hydrogen-bond donors (Lipinski definition) is 2. The first-order valence-electron chi connectivity index (χ1n) is 14.0. The lowest BCUT2D eigenvalue weighted by Gasteiger charge is -2.41. The standard InChI is InChI=1S/C29H32N6O5/c1-17-5-6-23(25(36)32-17)35-26(37)21-3-2-4-22(24(21)27(35)38)30-13-19-14-31-34(15-19)20-7-9-33(10-8-20)28(39)29-11-18(12-29)16-40-29/h2-4,14-15,18,20,23,30H,1,5-13,16H2,(H,32,36). The lowest BCUT2D eigenvalue weighted by atomic mass is 9.73. The van der Waals surface area contributed by atoms with Gasteiger partial charge in [-0.1, -0.05) is 12.6 Å². The van der Waals surface area contributed by atoms with Crippen LogP contribution in [0.1, 0.15) is 70.8 Å². The number of nitrogens with one attached hydrogen (secondary N) is 2. The smallest absolute Gasteiger partial charge is 0.264 e. The summed E-state index contributed by atoms with van der Waals surface area (Å²) in [5, 5.41) is 10.5. The van der Waals surface area contributed by atoms with E-state index in [0.29, 0.717) is 55.3 Å². The number of nitrogens with zero attached hydrogens (tertiary/aromatic N) is 4. The molecule has 11 nitrogen and oxygen atoms in total. The zero-order valence-electron chi connectivity index (χ0n) is 22.2. The minimum absolute atomic E-state index is 0.154. The van der Waals surface area contributed by atoms with E-state index in [2.05, 4.69) is 22.3 Å². The molecule has 1 saturated carbocycles. The number of hydrogen-bond acceptors (Lipinski definition) is 7. The molecule has 8 rings (SSSR count). The molecular formula is C29H32N6O5. The minimum atomic E-state index is -0.846. The SMILES string of the molecule is C=C1CCC(N2C(=O)c3cccc(NCc4cnn(C5CCN(C(=O)C67CC(CO6)C7)CC5)c4)c3C2=O)C(=O)N1. The normalized spacial score (nSPS) is 28.0. The number of benzene rings is 1. The summed E-state index contributed by atoms with van der Waals surface area (Å²) in [6.07, 6.45) is 8.08. The Morgan fingerprint density at radius 1 is 1.15 bits per heavy atom. The number of aromatic nitrogens is 2. The van der Waals surface area contributed by atoms with Gasteiger partial charge in [-0.15, -0.1) is 0 Å². The van der Waals surface area contributed by atoms with Gasteiger partial charge in [0.1, 0.15) is 11.6 Å². The first-order valence-corrected chi connectivity index (χ1v) is 14.0. The molecule has 5 aliphatic heterocycles. The average molecular weight is 545 g/mol. The van der Waals surface area contributed by atoms with Gasteiger partial charge in [-0.3, -0.25) is 28.8 Å². The second-order valence-corrected chi connectivity index (χ2v) is 11.6. The number of carbonyl (C=O) groups excluding carboxylic acids is 4. The number of amides is 4. The van der Waals surface area contributed by atoms with Gasteiger partial charge in [0, 0.05) is 42.8 Å². The van der Waals surface area contributed by atoms with Gasteiger partial charge in [0.15, 0.2) is 0 Å². The van der Waals surface area contributed by atoms with Gasteiger partial charge in [-0.2, -0.15) is 5.10 Å². The quantitative estimate of drug-likeness (QED) is 0.534. The number of allylic oxidation sites excluding steroid dienone is 1. The summed E-state index contributed by atoms with van der Waals surface area (Å²) in [5.74, 6) is -0.586. The predicted octanol–water partition coefficient (Wildman–Crippen LogP) is 2.23. The van der Waals surface area contributed by atoms with E-state index < -0.39 is 23.5 Å². The first-order chi connectivity index (χ1) is 19.3. The first kappa shape index (κ1) is 25.0. The summed E-state index contributed by atoms with van der Waals surface area (Å²) in [6, 6.07) is 4.49. The van der Waals surface area contributed by atoms with Gasteiger partial charge in [0.25, 0.3) is 17.7 Å². The molecule has 5 fully saturated rings. The van der Waals surface area contributed by atoms with Crippen LogP contribution in [0.2, 0.25) is 0 Å². The van der Waals surface area contributed by atoms with Gasteiger partial charge >= 0.3 is 0 Å². The van der Waals surface area contributed by atoms with Crippen LogP contribution in [0.25, 0.3) is 0 Å². The third-order valence-electron chi connectivity index (χ3n) is 9.07. The highest BCUT2D eigenvalue weighted by molar-refractivity contribution is 6.25. The van der Waals surface area contributed by atoms with Crippen molar-refractivity contribution >= 4 is 29.3 Å². The van der Waals surface area contributed by atoms with Crippen LogP contribution in [0, 0.1) is 5.92 Å². The fourth-order valence-electron chi connectivity index (χ4n) is 6.85. The van der Waals surface area contributed by atoms with Crippen LogP contribution in [0.3, 0.4) is 0 Å². The van der Waals surface area contributed by atoms with Gasteiger partial charge in [0.05, 0.1) is 30.0 Å². The van der Waals surface area contributed by atoms with E-state index in [1.807, 2.05) is 15.8 Å². The van der Waals surface area contributed by atoms with Crippen LogP contribution in [0.4, 0.5) is 5.69 Å². The van der Waals surface area contributed by atoms with Crippen molar-refractivity contribution in [1.82, 2.24) is 24.9 Å². The largest absolute Gasteiger partial charge is 0.380 e. The molecule has 1 aromatic heterocycles. The number of piperidine rings is 2. The number of anilines is 1. The van der Waals surface area contributed by atoms with Crippen molar-refractivity contribution in [3.8, 4) is 0 Å². The monoisotopic (exact) mass is 544 g/mol. The molecule has 40 heavy (non-hydrogen) atoms. The third kappa shape index (κ3) is 3.94. The number of likely N-dealkylation sites (tertiary alicyclic amines) is 1. The summed E-state index contributed by atoms with van der Waals surface area (Å²) in [4.78, 5) is 55.0. The number of rotatable bonds is 6. The van der Waals surface area contributed by atoms with Crippen LogP contribution in [0.5, 0.6) is 0 Å². The van der Waals surface area contributed by atoms with Crippen molar-refractivity contribution in [2.45, 2.75) is 62.8 Å². The topological polar surface area (TPSA) is 126 Å². The molecule has 4 amide bonds. The lowest BCUT2D eigenvalue weighted by molar-refractivity contribution is -0.156. The molecule has 2 N–H and O–H groups in total.